The van der Waals surface area contributed by atoms with Gasteiger partial charge in [-0.3, -0.25) is 19.9 Å². The lowest BCUT2D eigenvalue weighted by Crippen LogP contribution is -2.48. The lowest BCUT2D eigenvalue weighted by Gasteiger charge is -2.26. The highest BCUT2D eigenvalue weighted by Crippen LogP contribution is 2.31. The van der Waals surface area contributed by atoms with Crippen molar-refractivity contribution in [1.82, 2.24) is 20.7 Å². The molecular formula is C24H28N4O3. The molecule has 2 aliphatic rings. The molecule has 2 fully saturated rings. The van der Waals surface area contributed by atoms with E-state index in [9.17, 15) is 14.4 Å². The van der Waals surface area contributed by atoms with Gasteiger partial charge < -0.3 is 5.32 Å². The summed E-state index contributed by atoms with van der Waals surface area (Å²) in [6.07, 6.45) is 4.13. The van der Waals surface area contributed by atoms with Crippen LogP contribution < -0.4 is 10.7 Å². The number of urea groups is 1. The summed E-state index contributed by atoms with van der Waals surface area (Å²) in [4.78, 5) is 40.8. The van der Waals surface area contributed by atoms with E-state index >= 15 is 0 Å². The number of likely N-dealkylation sites (tertiary alicyclic amines) is 1. The molecule has 0 bridgehead atoms. The first kappa shape index (κ1) is 21.1. The highest BCUT2D eigenvalue weighted by molar-refractivity contribution is 6.09. The number of amides is 4. The number of rotatable bonds is 6. The van der Waals surface area contributed by atoms with Crippen LogP contribution in [0.2, 0.25) is 0 Å². The number of hydrogen-bond acceptors (Lipinski definition) is 4. The molecule has 0 aromatic heterocycles. The molecule has 7 nitrogen and oxygen atoms in total. The van der Waals surface area contributed by atoms with Crippen molar-refractivity contribution in [3.63, 3.8) is 0 Å². The zero-order valence-corrected chi connectivity index (χ0v) is 17.8. The third-order valence-electron chi connectivity index (χ3n) is 6.17. The minimum absolute atomic E-state index is 0.374. The molecule has 2 heterocycles. The summed E-state index contributed by atoms with van der Waals surface area (Å²) in [5.74, 6) is -0.978. The predicted molar refractivity (Wildman–Crippen MR) is 117 cm³/mol. The van der Waals surface area contributed by atoms with Gasteiger partial charge >= 0.3 is 6.03 Å². The number of carbonyl (C=O) groups excluding carboxylic acids is 3. The number of hydrogen-bond donors (Lipinski definition) is 2. The van der Waals surface area contributed by atoms with E-state index in [1.54, 1.807) is 24.3 Å². The van der Waals surface area contributed by atoms with Gasteiger partial charge in [-0.05, 0) is 55.6 Å². The first-order chi connectivity index (χ1) is 15.0. The first-order valence-electron chi connectivity index (χ1n) is 10.9. The van der Waals surface area contributed by atoms with Gasteiger partial charge in [-0.1, -0.05) is 55.8 Å². The Balaban J connectivity index is 1.44. The van der Waals surface area contributed by atoms with Gasteiger partial charge in [-0.15, -0.1) is 0 Å². The minimum atomic E-state index is -1.18. The molecule has 2 aromatic rings. The first-order valence-corrected chi connectivity index (χ1v) is 10.9. The number of nitrogens with zero attached hydrogens (tertiary/aromatic N) is 2. The molecule has 4 rings (SSSR count). The number of imide groups is 1. The molecule has 1 atom stereocenters. The third-order valence-corrected chi connectivity index (χ3v) is 6.17. The molecular weight excluding hydrogens is 392 g/mol. The topological polar surface area (TPSA) is 81.8 Å². The van der Waals surface area contributed by atoms with Crippen LogP contribution in [-0.4, -0.2) is 40.8 Å². The molecule has 2 saturated heterocycles. The average Bonchev–Trinajstić information content (AvgIpc) is 3.06. The number of nitrogens with one attached hydrogen (secondary N) is 2. The van der Waals surface area contributed by atoms with Crippen LogP contribution in [0.4, 0.5) is 4.79 Å². The fourth-order valence-corrected chi connectivity index (χ4v) is 4.34. The number of piperidine rings is 1. The van der Waals surface area contributed by atoms with Crippen LogP contribution in [0.3, 0.4) is 0 Å². The van der Waals surface area contributed by atoms with Gasteiger partial charge in [0.1, 0.15) is 5.54 Å². The highest BCUT2D eigenvalue weighted by atomic mass is 16.2. The van der Waals surface area contributed by atoms with Gasteiger partial charge in [0.2, 0.25) is 0 Å². The zero-order valence-electron chi connectivity index (χ0n) is 17.8. The summed E-state index contributed by atoms with van der Waals surface area (Å²) in [7, 11) is 0. The van der Waals surface area contributed by atoms with Crippen molar-refractivity contribution < 1.29 is 14.4 Å². The van der Waals surface area contributed by atoms with Gasteiger partial charge in [0.05, 0.1) is 0 Å². The smallest absolute Gasteiger partial charge is 0.318 e. The van der Waals surface area contributed by atoms with E-state index in [4.69, 9.17) is 0 Å². The van der Waals surface area contributed by atoms with Gasteiger partial charge in [0, 0.05) is 12.1 Å². The second-order valence-electron chi connectivity index (χ2n) is 8.17. The summed E-state index contributed by atoms with van der Waals surface area (Å²) in [5.41, 5.74) is 3.53. The summed E-state index contributed by atoms with van der Waals surface area (Å²) in [6.45, 7) is 4.91. The van der Waals surface area contributed by atoms with Crippen molar-refractivity contribution in [3.05, 3.63) is 71.3 Å². The van der Waals surface area contributed by atoms with Crippen LogP contribution in [0.5, 0.6) is 0 Å². The molecule has 1 unspecified atom stereocenters. The highest BCUT2D eigenvalue weighted by Gasteiger charge is 2.52. The zero-order chi connectivity index (χ0) is 21.8. The van der Waals surface area contributed by atoms with Crippen LogP contribution in [-0.2, 0) is 16.9 Å². The van der Waals surface area contributed by atoms with E-state index in [1.807, 2.05) is 37.3 Å². The van der Waals surface area contributed by atoms with Crippen LogP contribution in [0.1, 0.15) is 54.1 Å². The average molecular weight is 421 g/mol. The van der Waals surface area contributed by atoms with Gasteiger partial charge in [-0.25, -0.2) is 4.79 Å². The Bertz CT molecular complexity index is 955. The Kier molecular flexibility index (Phi) is 6.04. The van der Waals surface area contributed by atoms with E-state index in [0.717, 1.165) is 30.2 Å². The Morgan fingerprint density at radius 3 is 2.32 bits per heavy atom. The Hall–Kier alpha value is -3.19. The van der Waals surface area contributed by atoms with Crippen LogP contribution >= 0.6 is 0 Å². The van der Waals surface area contributed by atoms with Crippen molar-refractivity contribution in [2.45, 2.75) is 44.7 Å². The maximum Gasteiger partial charge on any atom is 0.344 e. The van der Waals surface area contributed by atoms with E-state index in [2.05, 4.69) is 15.6 Å². The summed E-state index contributed by atoms with van der Waals surface area (Å²) >= 11 is 0. The molecule has 2 N–H and O–H groups in total. The van der Waals surface area contributed by atoms with Crippen molar-refractivity contribution in [2.75, 3.05) is 13.1 Å². The van der Waals surface area contributed by atoms with Gasteiger partial charge in [-0.2, -0.15) is 5.01 Å². The van der Waals surface area contributed by atoms with Crippen molar-refractivity contribution in [1.29, 1.82) is 0 Å². The Morgan fingerprint density at radius 2 is 1.68 bits per heavy atom. The maximum absolute atomic E-state index is 13.1. The molecule has 0 aliphatic carbocycles. The summed E-state index contributed by atoms with van der Waals surface area (Å²) in [6, 6.07) is 15.8. The van der Waals surface area contributed by atoms with Crippen molar-refractivity contribution in [3.8, 4) is 0 Å². The molecule has 4 amide bonds. The van der Waals surface area contributed by atoms with E-state index in [1.165, 1.54) is 19.3 Å². The molecule has 162 valence electrons. The van der Waals surface area contributed by atoms with E-state index < -0.39 is 23.4 Å². The van der Waals surface area contributed by atoms with Gasteiger partial charge in [0.15, 0.2) is 0 Å². The molecule has 7 heteroatoms. The fourth-order valence-electron chi connectivity index (χ4n) is 4.34. The second-order valence-corrected chi connectivity index (χ2v) is 8.17. The fraction of sp³-hybridized carbons (Fsp3) is 0.375. The molecule has 0 saturated carbocycles. The van der Waals surface area contributed by atoms with Gasteiger partial charge in [0.25, 0.3) is 11.8 Å². The molecule has 2 aliphatic heterocycles. The number of hydrazine groups is 1. The predicted octanol–water partition coefficient (Wildman–Crippen LogP) is 3.17. The van der Waals surface area contributed by atoms with Crippen LogP contribution in [0.15, 0.2) is 54.6 Å². The summed E-state index contributed by atoms with van der Waals surface area (Å²) in [5, 5.41) is 3.55. The molecule has 2 aromatic carbocycles. The molecule has 0 spiro atoms. The number of benzene rings is 2. The lowest BCUT2D eigenvalue weighted by molar-refractivity contribution is -0.133. The molecule has 0 radical (unpaired) electrons. The normalized spacial score (nSPS) is 21.8. The second kappa shape index (κ2) is 8.89. The van der Waals surface area contributed by atoms with E-state index in [0.29, 0.717) is 17.5 Å². The maximum atomic E-state index is 13.1. The number of carbonyl (C=O) groups is 3. The SMILES string of the molecule is CCC1(c2ccccc2)NC(=O)N(NC(=O)c2ccc(CN3CCCCC3)cc2)C1=O. The standard InChI is InChI=1S/C24H28N4O3/c1-2-24(20-9-5-3-6-10-20)22(30)28(23(31)25-24)26-21(29)19-13-11-18(12-14-19)17-27-15-7-4-8-16-27/h3,5-6,9-14H,2,4,7-8,15-17H2,1H3,(H,25,31)(H,26,29). The largest absolute Gasteiger partial charge is 0.344 e. The third kappa shape index (κ3) is 4.18. The van der Waals surface area contributed by atoms with E-state index in [-0.39, 0.29) is 0 Å². The van der Waals surface area contributed by atoms with Crippen LogP contribution in [0, 0.1) is 0 Å². The molecule has 31 heavy (non-hydrogen) atoms. The Labute approximate surface area is 182 Å². The summed E-state index contributed by atoms with van der Waals surface area (Å²) < 4.78 is 0. The Morgan fingerprint density at radius 1 is 1.00 bits per heavy atom. The van der Waals surface area contributed by atoms with Crippen molar-refractivity contribution >= 4 is 17.8 Å². The lowest BCUT2D eigenvalue weighted by atomic mass is 9.87. The van der Waals surface area contributed by atoms with Crippen molar-refractivity contribution in [2.24, 2.45) is 0 Å². The quantitative estimate of drug-likeness (QED) is 0.704. The van der Waals surface area contributed by atoms with Crippen LogP contribution in [0.25, 0.3) is 0 Å². The minimum Gasteiger partial charge on any atom is -0.318 e. The monoisotopic (exact) mass is 420 g/mol.